The van der Waals surface area contributed by atoms with Crippen LogP contribution in [0.25, 0.3) is 0 Å². The molecule has 0 bridgehead atoms. The zero-order valence-corrected chi connectivity index (χ0v) is 78.3. The van der Waals surface area contributed by atoms with Crippen LogP contribution in [-0.4, -0.2) is 92.1 Å². The van der Waals surface area contributed by atoms with Gasteiger partial charge in [-0.15, -0.1) is 0 Å². The summed E-state index contributed by atoms with van der Waals surface area (Å²) in [6.07, 6.45) is 108. The molecular formula is C104H192N8O8. The van der Waals surface area contributed by atoms with Crippen LogP contribution in [0.3, 0.4) is 0 Å². The number of hydrogen-bond donors (Lipinski definition) is 4. The van der Waals surface area contributed by atoms with Crippen molar-refractivity contribution in [3.05, 3.63) is 0 Å². The first-order valence-electron chi connectivity index (χ1n) is 53.4. The van der Waals surface area contributed by atoms with Gasteiger partial charge in [-0.25, -0.2) is 0 Å². The molecule has 8 aliphatic rings. The molecule has 8 aliphatic carbocycles. The average molecular weight is 1680 g/mol. The Balaban J connectivity index is 0.000000292. The molecule has 0 aromatic heterocycles. The number of aliphatic carboxylic acids is 4. The van der Waals surface area contributed by atoms with Crippen LogP contribution in [0.15, 0.2) is 40.9 Å². The smallest absolute Gasteiger partial charge is 0.305 e. The van der Waals surface area contributed by atoms with Crippen molar-refractivity contribution in [2.75, 3.05) is 0 Å². The first-order valence-corrected chi connectivity index (χ1v) is 53.4. The van der Waals surface area contributed by atoms with Crippen LogP contribution in [-0.2, 0) is 19.2 Å². The number of nitrogens with zero attached hydrogens (tertiary/aromatic N) is 8. The highest BCUT2D eigenvalue weighted by Crippen LogP contribution is 2.55. The van der Waals surface area contributed by atoms with Crippen molar-refractivity contribution >= 4 is 23.9 Å². The summed E-state index contributed by atoms with van der Waals surface area (Å²) >= 11 is 0. The van der Waals surface area contributed by atoms with E-state index in [0.29, 0.717) is 55.5 Å². The topological polar surface area (TPSA) is 248 Å². The van der Waals surface area contributed by atoms with Crippen molar-refractivity contribution in [3.63, 3.8) is 0 Å². The van der Waals surface area contributed by atoms with E-state index in [1.807, 2.05) is 0 Å². The minimum Gasteiger partial charge on any atom is -0.481 e. The molecule has 120 heavy (non-hydrogen) atoms. The average Bonchev–Trinajstić information content (AvgIpc) is 0.739. The fourth-order valence-corrected chi connectivity index (χ4v) is 21.6. The second-order valence-corrected chi connectivity index (χ2v) is 40.0. The van der Waals surface area contributed by atoms with Gasteiger partial charge in [0.2, 0.25) is 0 Å². The fraction of sp³-hybridized carbons (Fsp3) is 0.962. The molecule has 16 nitrogen and oxygen atoms in total. The van der Waals surface area contributed by atoms with Crippen LogP contribution in [0.4, 0.5) is 0 Å². The molecule has 0 aromatic rings. The third kappa shape index (κ3) is 55.7. The summed E-state index contributed by atoms with van der Waals surface area (Å²) < 4.78 is 0. The van der Waals surface area contributed by atoms with E-state index in [-0.39, 0.29) is 12.5 Å². The van der Waals surface area contributed by atoms with E-state index in [0.717, 1.165) is 83.5 Å². The van der Waals surface area contributed by atoms with Gasteiger partial charge in [0.25, 0.3) is 0 Å². The molecule has 2 atom stereocenters. The lowest BCUT2D eigenvalue weighted by Gasteiger charge is -2.50. The van der Waals surface area contributed by atoms with Gasteiger partial charge < -0.3 is 20.4 Å². The molecule has 0 heterocycles. The molecule has 16 heteroatoms. The van der Waals surface area contributed by atoms with Crippen LogP contribution in [0.2, 0.25) is 0 Å². The van der Waals surface area contributed by atoms with E-state index < -0.39 is 66.4 Å². The van der Waals surface area contributed by atoms with Gasteiger partial charge >= 0.3 is 23.9 Å². The number of carboxylic acids is 4. The Kier molecular flexibility index (Phi) is 66.2. The molecule has 8 saturated carbocycles. The summed E-state index contributed by atoms with van der Waals surface area (Å²) in [6.45, 7) is 0. The Morgan fingerprint density at radius 3 is 0.500 bits per heavy atom. The fourth-order valence-electron chi connectivity index (χ4n) is 21.6. The van der Waals surface area contributed by atoms with Gasteiger partial charge in [0.15, 0.2) is 0 Å². The van der Waals surface area contributed by atoms with Crippen LogP contribution in [0.1, 0.15) is 578 Å². The van der Waals surface area contributed by atoms with Crippen molar-refractivity contribution in [2.24, 2.45) is 52.2 Å². The number of carbonyl (C=O) groups is 4. The molecule has 8 rings (SSSR count). The van der Waals surface area contributed by atoms with Crippen molar-refractivity contribution in [1.82, 2.24) is 0 Å². The second kappa shape index (κ2) is 74.4. The number of carboxylic acid groups (broad SMARTS) is 4. The predicted molar refractivity (Wildman–Crippen MR) is 501 cm³/mol. The minimum absolute atomic E-state index is 0.159. The molecular weight excluding hydrogens is 1490 g/mol. The molecule has 0 amide bonds. The van der Waals surface area contributed by atoms with Crippen LogP contribution < -0.4 is 0 Å². The molecule has 2 unspecified atom stereocenters. The zero-order chi connectivity index (χ0) is 85.2. The molecule has 0 saturated heterocycles. The Bertz CT molecular complexity index is 2220. The van der Waals surface area contributed by atoms with Gasteiger partial charge in [0, 0.05) is 11.8 Å². The molecule has 0 aromatic carbocycles. The molecule has 8 fully saturated rings. The first kappa shape index (κ1) is 107. The van der Waals surface area contributed by atoms with Gasteiger partial charge in [-0.1, -0.05) is 449 Å². The van der Waals surface area contributed by atoms with Crippen molar-refractivity contribution in [2.45, 2.75) is 626 Å². The van der Waals surface area contributed by atoms with Crippen molar-refractivity contribution < 1.29 is 39.6 Å². The largest absolute Gasteiger partial charge is 0.481 e. The first-order chi connectivity index (χ1) is 58.9. The van der Waals surface area contributed by atoms with E-state index >= 15 is 0 Å². The lowest BCUT2D eigenvalue weighted by Crippen LogP contribution is -2.55. The van der Waals surface area contributed by atoms with Gasteiger partial charge in [-0.3, -0.25) is 19.2 Å². The number of rotatable bonds is 16. The highest BCUT2D eigenvalue weighted by Gasteiger charge is 2.59. The van der Waals surface area contributed by atoms with E-state index in [1.54, 1.807) is 0 Å². The molecule has 0 radical (unpaired) electrons. The number of azo groups is 4. The van der Waals surface area contributed by atoms with Crippen molar-refractivity contribution in [1.29, 1.82) is 0 Å². The number of hydrogen-bond acceptors (Lipinski definition) is 12. The Morgan fingerprint density at radius 2 is 0.333 bits per heavy atom. The van der Waals surface area contributed by atoms with Crippen LogP contribution in [0.5, 0.6) is 0 Å². The minimum atomic E-state index is -1.73. The Morgan fingerprint density at radius 1 is 0.183 bits per heavy atom. The molecule has 0 aliphatic heterocycles. The molecule has 4 N–H and O–H groups in total. The van der Waals surface area contributed by atoms with Crippen molar-refractivity contribution in [3.8, 4) is 0 Å². The summed E-state index contributed by atoms with van der Waals surface area (Å²) in [7, 11) is 0. The summed E-state index contributed by atoms with van der Waals surface area (Å²) in [6, 6.07) is 2.98. The normalized spacial score (nSPS) is 25.9. The third-order valence-electron chi connectivity index (χ3n) is 29.3. The van der Waals surface area contributed by atoms with Gasteiger partial charge in [-0.05, 0) is 109 Å². The van der Waals surface area contributed by atoms with E-state index in [1.165, 1.54) is 443 Å². The Labute approximate surface area is 737 Å². The van der Waals surface area contributed by atoms with Crippen LogP contribution >= 0.6 is 0 Å². The lowest BCUT2D eigenvalue weighted by atomic mass is 9.54. The maximum atomic E-state index is 12.5. The summed E-state index contributed by atoms with van der Waals surface area (Å²) in [5.41, 5.74) is -3.38. The summed E-state index contributed by atoms with van der Waals surface area (Å²) in [5, 5.41) is 79.7. The Hall–Kier alpha value is -3.72. The van der Waals surface area contributed by atoms with Crippen LogP contribution in [0, 0.1) is 11.3 Å². The molecule has 0 spiro atoms. The molecule has 696 valence electrons. The maximum absolute atomic E-state index is 12.5. The predicted octanol–water partition coefficient (Wildman–Crippen LogP) is 34.2. The van der Waals surface area contributed by atoms with Gasteiger partial charge in [0.05, 0.1) is 67.1 Å². The van der Waals surface area contributed by atoms with E-state index in [4.69, 9.17) is 40.9 Å². The highest BCUT2D eigenvalue weighted by atomic mass is 16.4. The lowest BCUT2D eigenvalue weighted by molar-refractivity contribution is -0.158. The highest BCUT2D eigenvalue weighted by molar-refractivity contribution is 5.75. The third-order valence-corrected chi connectivity index (χ3v) is 29.3. The summed E-state index contributed by atoms with van der Waals surface area (Å²) in [5.74, 6) is -5.82. The second-order valence-electron chi connectivity index (χ2n) is 40.0. The quantitative estimate of drug-likeness (QED) is 0.108. The standard InChI is InChI=1S/C32H54N2O8.3C24H46N2/c35-27(36)21-25-17-13-9-5-4-8-12-16-20-32(24-30(41)42,31(25,22-28(37)38)23-29(39)40)34-33-26-18-14-10-6-2-1-3-7-11-15-19-26;3*1-3-7-11-15-19-23(20-16-12-8-4-1)25-26-24-21-17-13-9-5-2-6-10-14-18-22-24/h25-26H,1-24H2,(H,35,36)(H,37,38)(H,39,40)(H,41,42);3*23-24H,1-22H2. The zero-order valence-electron chi connectivity index (χ0n) is 78.3. The summed E-state index contributed by atoms with van der Waals surface area (Å²) in [4.78, 5) is 49.7. The monoisotopic (exact) mass is 1680 g/mol. The van der Waals surface area contributed by atoms with E-state index in [9.17, 15) is 39.6 Å². The maximum Gasteiger partial charge on any atom is 0.305 e. The van der Waals surface area contributed by atoms with Gasteiger partial charge in [0.1, 0.15) is 0 Å². The SMILES string of the molecule is C1CCCCCC(N=NC2CCCCCCCCCCC2)CCCCC1.C1CCCCCC(N=NC2CCCCCCCCCCC2)CCCCC1.C1CCCCCC(N=NC2CCCCCCCCCCC2)CCCCC1.O=C(O)CC1CCCCCCCCCC(CC(=O)O)(N=NC2CCCCCCCCCCC2)C1(CC(=O)O)CC(=O)O. The van der Waals surface area contributed by atoms with E-state index in [2.05, 4.69) is 0 Å². The van der Waals surface area contributed by atoms with Gasteiger partial charge in [-0.2, -0.15) is 40.9 Å².